The van der Waals surface area contributed by atoms with Crippen LogP contribution in [0.1, 0.15) is 31.1 Å². The number of phenolic OH excluding ortho intramolecular Hbond substituents is 1. The van der Waals surface area contributed by atoms with Crippen LogP contribution in [0.3, 0.4) is 0 Å². The molecule has 0 bridgehead atoms. The Morgan fingerprint density at radius 3 is 2.56 bits per heavy atom. The Morgan fingerprint density at radius 1 is 1.50 bits per heavy atom. The van der Waals surface area contributed by atoms with E-state index < -0.39 is 5.60 Å². The van der Waals surface area contributed by atoms with Crippen LogP contribution in [0.4, 0.5) is 0 Å². The molecule has 0 fully saturated rings. The smallest absolute Gasteiger partial charge is 0.163 e. The van der Waals surface area contributed by atoms with Gasteiger partial charge < -0.3 is 9.84 Å². The fourth-order valence-corrected chi connectivity index (χ4v) is 1.20. The molecule has 0 unspecified atom stereocenters. The van der Waals surface area contributed by atoms with Gasteiger partial charge in [0.05, 0.1) is 5.56 Å². The van der Waals surface area contributed by atoms with Gasteiger partial charge in [0.2, 0.25) is 0 Å². The Bertz CT molecular complexity index is 453. The first kappa shape index (κ1) is 12.1. The lowest BCUT2D eigenvalue weighted by atomic mass is 10.1. The second-order valence-corrected chi connectivity index (χ2v) is 3.99. The molecule has 1 aromatic rings. The molecule has 0 radical (unpaired) electrons. The quantitative estimate of drug-likeness (QED) is 0.626. The fraction of sp³-hybridized carbons (Fsp3) is 0.308. The highest BCUT2D eigenvalue weighted by molar-refractivity contribution is 5.96. The first-order valence-corrected chi connectivity index (χ1v) is 4.86. The summed E-state index contributed by atoms with van der Waals surface area (Å²) < 4.78 is 5.46. The molecule has 0 amide bonds. The Morgan fingerprint density at radius 2 is 2.12 bits per heavy atom. The molecule has 1 N–H and O–H groups in total. The van der Waals surface area contributed by atoms with Crippen LogP contribution in [0.15, 0.2) is 18.2 Å². The molecular weight excluding hydrogens is 204 g/mol. The molecule has 0 saturated heterocycles. The lowest BCUT2D eigenvalue weighted by Gasteiger charge is -2.20. The van der Waals surface area contributed by atoms with Crippen molar-refractivity contribution in [2.24, 2.45) is 0 Å². The summed E-state index contributed by atoms with van der Waals surface area (Å²) in [5, 5.41) is 9.58. The van der Waals surface area contributed by atoms with Crippen LogP contribution in [0.2, 0.25) is 0 Å². The topological polar surface area (TPSA) is 46.5 Å². The molecule has 0 aliphatic heterocycles. The summed E-state index contributed by atoms with van der Waals surface area (Å²) >= 11 is 0. The number of ether oxygens (including phenoxy) is 1. The largest absolute Gasteiger partial charge is 0.507 e. The summed E-state index contributed by atoms with van der Waals surface area (Å²) in [7, 11) is 0. The molecule has 1 rings (SSSR count). The lowest BCUT2D eigenvalue weighted by Crippen LogP contribution is -2.25. The van der Waals surface area contributed by atoms with Gasteiger partial charge in [0.25, 0.3) is 0 Å². The molecule has 0 saturated carbocycles. The van der Waals surface area contributed by atoms with Gasteiger partial charge in [-0.1, -0.05) is 5.92 Å². The maximum atomic E-state index is 11.1. The molecule has 1 aromatic carbocycles. The minimum atomic E-state index is -0.746. The number of hydrogen-bond acceptors (Lipinski definition) is 3. The zero-order valence-electron chi connectivity index (χ0n) is 9.57. The first-order chi connectivity index (χ1) is 7.35. The number of Topliss-reactive ketones (excluding diaryl/α,β-unsaturated/α-hetero) is 1. The number of phenols is 1. The van der Waals surface area contributed by atoms with Gasteiger partial charge >= 0.3 is 0 Å². The van der Waals surface area contributed by atoms with E-state index in [1.165, 1.54) is 19.1 Å². The van der Waals surface area contributed by atoms with E-state index in [1.54, 1.807) is 19.9 Å². The minimum absolute atomic E-state index is 0.0992. The van der Waals surface area contributed by atoms with Gasteiger partial charge in [-0.25, -0.2) is 0 Å². The van der Waals surface area contributed by atoms with Crippen LogP contribution >= 0.6 is 0 Å². The zero-order valence-corrected chi connectivity index (χ0v) is 9.57. The molecule has 3 nitrogen and oxygen atoms in total. The highest BCUT2D eigenvalue weighted by Gasteiger charge is 2.16. The molecule has 3 heteroatoms. The Hall–Kier alpha value is -1.95. The van der Waals surface area contributed by atoms with Crippen molar-refractivity contribution < 1.29 is 14.6 Å². The number of hydrogen-bond donors (Lipinski definition) is 1. The number of terminal acetylenes is 1. The van der Waals surface area contributed by atoms with Crippen LogP contribution in [-0.4, -0.2) is 16.5 Å². The summed E-state index contributed by atoms with van der Waals surface area (Å²) in [6.45, 7) is 4.87. The van der Waals surface area contributed by atoms with E-state index in [9.17, 15) is 9.90 Å². The molecule has 0 aliphatic rings. The highest BCUT2D eigenvalue weighted by atomic mass is 16.5. The van der Waals surface area contributed by atoms with Gasteiger partial charge in [0.1, 0.15) is 11.5 Å². The SMILES string of the molecule is C#CC(C)(C)Oc1ccc(C(C)=O)c(O)c1. The van der Waals surface area contributed by atoms with Crippen molar-refractivity contribution in [3.05, 3.63) is 23.8 Å². The number of rotatable bonds is 3. The van der Waals surface area contributed by atoms with E-state index in [1.807, 2.05) is 0 Å². The first-order valence-electron chi connectivity index (χ1n) is 4.86. The third-order valence-electron chi connectivity index (χ3n) is 2.07. The van der Waals surface area contributed by atoms with Crippen molar-refractivity contribution in [1.29, 1.82) is 0 Å². The summed E-state index contributed by atoms with van der Waals surface area (Å²) in [5.74, 6) is 2.62. The minimum Gasteiger partial charge on any atom is -0.507 e. The number of carbonyl (C=O) groups is 1. The predicted octanol–water partition coefficient (Wildman–Crippen LogP) is 2.39. The van der Waals surface area contributed by atoms with Crippen molar-refractivity contribution in [3.63, 3.8) is 0 Å². The Balaban J connectivity index is 2.99. The van der Waals surface area contributed by atoms with Crippen molar-refractivity contribution in [1.82, 2.24) is 0 Å². The zero-order chi connectivity index (χ0) is 12.3. The normalized spacial score (nSPS) is 10.6. The molecule has 0 heterocycles. The van der Waals surface area contributed by atoms with Crippen LogP contribution in [0, 0.1) is 12.3 Å². The summed E-state index contributed by atoms with van der Waals surface area (Å²) in [5.41, 5.74) is -0.477. The Kier molecular flexibility index (Phi) is 3.24. The van der Waals surface area contributed by atoms with E-state index in [4.69, 9.17) is 11.2 Å². The number of ketones is 1. The summed E-state index contributed by atoms with van der Waals surface area (Å²) in [4.78, 5) is 11.1. The summed E-state index contributed by atoms with van der Waals surface area (Å²) in [6.07, 6.45) is 5.28. The fourth-order valence-electron chi connectivity index (χ4n) is 1.20. The predicted molar refractivity (Wildman–Crippen MR) is 61.7 cm³/mol. The molecule has 16 heavy (non-hydrogen) atoms. The van der Waals surface area contributed by atoms with Crippen LogP contribution in [0.5, 0.6) is 11.5 Å². The number of aromatic hydroxyl groups is 1. The van der Waals surface area contributed by atoms with Gasteiger partial charge in [-0.2, -0.15) is 0 Å². The second-order valence-electron chi connectivity index (χ2n) is 3.99. The van der Waals surface area contributed by atoms with Gasteiger partial charge in [0, 0.05) is 6.07 Å². The van der Waals surface area contributed by atoms with E-state index >= 15 is 0 Å². The maximum Gasteiger partial charge on any atom is 0.163 e. The Labute approximate surface area is 95.1 Å². The van der Waals surface area contributed by atoms with Crippen molar-refractivity contribution >= 4 is 5.78 Å². The van der Waals surface area contributed by atoms with Crippen molar-refractivity contribution in [2.75, 3.05) is 0 Å². The van der Waals surface area contributed by atoms with E-state index in [0.29, 0.717) is 5.75 Å². The van der Waals surface area contributed by atoms with Gasteiger partial charge in [0.15, 0.2) is 11.4 Å². The molecule has 84 valence electrons. The molecule has 0 aromatic heterocycles. The maximum absolute atomic E-state index is 11.1. The van der Waals surface area contributed by atoms with E-state index in [-0.39, 0.29) is 17.1 Å². The van der Waals surface area contributed by atoms with Gasteiger partial charge in [-0.15, -0.1) is 6.42 Å². The molecule has 0 aliphatic carbocycles. The second kappa shape index (κ2) is 4.28. The average molecular weight is 218 g/mol. The van der Waals surface area contributed by atoms with Crippen molar-refractivity contribution in [2.45, 2.75) is 26.4 Å². The molecule has 0 spiro atoms. The van der Waals surface area contributed by atoms with Crippen LogP contribution in [0.25, 0.3) is 0 Å². The van der Waals surface area contributed by atoms with E-state index in [2.05, 4.69) is 5.92 Å². The monoisotopic (exact) mass is 218 g/mol. The molecular formula is C13H14O3. The van der Waals surface area contributed by atoms with Crippen LogP contribution in [-0.2, 0) is 0 Å². The lowest BCUT2D eigenvalue weighted by molar-refractivity contribution is 0.101. The number of benzene rings is 1. The van der Waals surface area contributed by atoms with Gasteiger partial charge in [-0.05, 0) is 32.9 Å². The van der Waals surface area contributed by atoms with Crippen molar-refractivity contribution in [3.8, 4) is 23.8 Å². The third kappa shape index (κ3) is 2.77. The average Bonchev–Trinajstić information content (AvgIpc) is 2.16. The van der Waals surface area contributed by atoms with E-state index in [0.717, 1.165) is 0 Å². The highest BCUT2D eigenvalue weighted by Crippen LogP contribution is 2.26. The van der Waals surface area contributed by atoms with Crippen LogP contribution < -0.4 is 4.74 Å². The number of carbonyl (C=O) groups excluding carboxylic acids is 1. The summed E-state index contributed by atoms with van der Waals surface area (Å²) in [6, 6.07) is 4.50. The molecule has 0 atom stereocenters. The standard InChI is InChI=1S/C13H14O3/c1-5-13(3,4)16-10-6-7-11(9(2)14)12(15)8-10/h1,6-8,15H,2-4H3. The third-order valence-corrected chi connectivity index (χ3v) is 2.07. The van der Waals surface area contributed by atoms with Gasteiger partial charge in [-0.3, -0.25) is 4.79 Å².